The number of piperidine rings is 1. The minimum Gasteiger partial charge on any atom is -0.355 e. The normalized spacial score (nSPS) is 21.7. The van der Waals surface area contributed by atoms with E-state index in [-0.39, 0.29) is 23.8 Å². The van der Waals surface area contributed by atoms with Crippen LogP contribution in [0.2, 0.25) is 5.02 Å². The molecule has 1 saturated heterocycles. The predicted molar refractivity (Wildman–Crippen MR) is 83.7 cm³/mol. The van der Waals surface area contributed by atoms with Crippen molar-refractivity contribution in [3.05, 3.63) is 28.8 Å². The molecule has 6 heteroatoms. The molecule has 0 aromatic heterocycles. The molecular formula is C15H20ClN3O2. The van der Waals surface area contributed by atoms with Crippen LogP contribution in [-0.2, 0) is 4.79 Å². The van der Waals surface area contributed by atoms with Crippen molar-refractivity contribution >= 4 is 29.1 Å². The molecule has 21 heavy (non-hydrogen) atoms. The summed E-state index contributed by atoms with van der Waals surface area (Å²) in [5.74, 6) is -0.0517. The zero-order chi connectivity index (χ0) is 15.4. The van der Waals surface area contributed by atoms with E-state index in [0.29, 0.717) is 16.3 Å². The first kappa shape index (κ1) is 15.8. The van der Waals surface area contributed by atoms with E-state index in [1.807, 2.05) is 0 Å². The van der Waals surface area contributed by atoms with Crippen molar-refractivity contribution in [2.75, 3.05) is 18.9 Å². The highest BCUT2D eigenvalue weighted by Gasteiger charge is 2.27. The van der Waals surface area contributed by atoms with Gasteiger partial charge in [-0.15, -0.1) is 0 Å². The largest absolute Gasteiger partial charge is 0.355 e. The highest BCUT2D eigenvalue weighted by Crippen LogP contribution is 2.24. The Bertz CT molecular complexity index is 548. The fourth-order valence-corrected chi connectivity index (χ4v) is 2.68. The van der Waals surface area contributed by atoms with Crippen LogP contribution in [-0.4, -0.2) is 31.4 Å². The van der Waals surface area contributed by atoms with Crippen LogP contribution >= 0.6 is 11.6 Å². The molecule has 2 rings (SSSR count). The van der Waals surface area contributed by atoms with Gasteiger partial charge in [0.1, 0.15) is 0 Å². The van der Waals surface area contributed by atoms with Gasteiger partial charge in [-0.3, -0.25) is 9.59 Å². The first-order chi connectivity index (χ1) is 10.0. The third-order valence-electron chi connectivity index (χ3n) is 3.77. The molecule has 1 aliphatic rings. The molecule has 2 amide bonds. The van der Waals surface area contributed by atoms with Crippen LogP contribution in [0.25, 0.3) is 0 Å². The van der Waals surface area contributed by atoms with Gasteiger partial charge in [0.2, 0.25) is 5.91 Å². The first-order valence-electron chi connectivity index (χ1n) is 7.09. The topological polar surface area (TPSA) is 70.2 Å². The Kier molecular flexibility index (Phi) is 5.20. The molecule has 0 spiro atoms. The van der Waals surface area contributed by atoms with E-state index in [2.05, 4.69) is 22.9 Å². The van der Waals surface area contributed by atoms with Crippen LogP contribution in [0, 0.1) is 5.92 Å². The molecule has 2 unspecified atom stereocenters. The van der Waals surface area contributed by atoms with Crippen molar-refractivity contribution in [2.45, 2.75) is 25.8 Å². The summed E-state index contributed by atoms with van der Waals surface area (Å²) >= 11 is 6.10. The lowest BCUT2D eigenvalue weighted by atomic mass is 9.92. The zero-order valence-electron chi connectivity index (χ0n) is 12.2. The predicted octanol–water partition coefficient (Wildman–Crippen LogP) is 2.03. The smallest absolute Gasteiger partial charge is 0.251 e. The molecule has 1 aromatic rings. The molecule has 1 aliphatic heterocycles. The summed E-state index contributed by atoms with van der Waals surface area (Å²) in [5, 5.41) is 9.00. The van der Waals surface area contributed by atoms with Crippen LogP contribution in [0.5, 0.6) is 0 Å². The van der Waals surface area contributed by atoms with E-state index in [4.69, 9.17) is 11.6 Å². The second-order valence-electron chi connectivity index (χ2n) is 5.31. The van der Waals surface area contributed by atoms with Crippen molar-refractivity contribution < 1.29 is 9.59 Å². The highest BCUT2D eigenvalue weighted by molar-refractivity contribution is 6.34. The van der Waals surface area contributed by atoms with E-state index in [0.717, 1.165) is 19.4 Å². The van der Waals surface area contributed by atoms with Gasteiger partial charge >= 0.3 is 0 Å². The van der Waals surface area contributed by atoms with Crippen LogP contribution < -0.4 is 16.0 Å². The molecule has 3 N–H and O–H groups in total. The van der Waals surface area contributed by atoms with Crippen molar-refractivity contribution in [2.24, 2.45) is 5.92 Å². The Morgan fingerprint density at radius 1 is 1.38 bits per heavy atom. The maximum absolute atomic E-state index is 12.3. The maximum atomic E-state index is 12.3. The summed E-state index contributed by atoms with van der Waals surface area (Å²) in [5.41, 5.74) is 0.921. The molecule has 1 heterocycles. The summed E-state index contributed by atoms with van der Waals surface area (Å²) in [6, 6.07) is 4.60. The molecule has 1 fully saturated rings. The van der Waals surface area contributed by atoms with Gasteiger partial charge in [0, 0.05) is 12.6 Å². The third kappa shape index (κ3) is 3.74. The molecule has 0 radical (unpaired) electrons. The van der Waals surface area contributed by atoms with Crippen molar-refractivity contribution in [3.8, 4) is 0 Å². The number of benzene rings is 1. The summed E-state index contributed by atoms with van der Waals surface area (Å²) in [6.45, 7) is 2.90. The average molecular weight is 310 g/mol. The second kappa shape index (κ2) is 6.91. The molecule has 2 atom stereocenters. The Balaban J connectivity index is 2.14. The Hall–Kier alpha value is -1.59. The van der Waals surface area contributed by atoms with Crippen LogP contribution in [0.4, 0.5) is 5.69 Å². The Labute approximate surface area is 129 Å². The minimum absolute atomic E-state index is 0.113. The fourth-order valence-electron chi connectivity index (χ4n) is 2.52. The number of anilines is 1. The van der Waals surface area contributed by atoms with Crippen LogP contribution in [0.1, 0.15) is 30.1 Å². The van der Waals surface area contributed by atoms with Crippen molar-refractivity contribution in [3.63, 3.8) is 0 Å². The van der Waals surface area contributed by atoms with E-state index >= 15 is 0 Å². The quantitative estimate of drug-likeness (QED) is 0.800. The molecule has 0 aliphatic carbocycles. The number of hydrogen-bond donors (Lipinski definition) is 3. The molecule has 0 bridgehead atoms. The minimum atomic E-state index is -0.224. The SMILES string of the molecule is CNC(=O)c1ccc(Cl)c(NC(=O)C2NCCCC2C)c1. The van der Waals surface area contributed by atoms with Gasteiger partial charge in [-0.1, -0.05) is 18.5 Å². The number of hydrogen-bond acceptors (Lipinski definition) is 3. The number of carbonyl (C=O) groups excluding carboxylic acids is 2. The van der Waals surface area contributed by atoms with Gasteiger partial charge in [0.25, 0.3) is 5.91 Å². The summed E-state index contributed by atoms with van der Waals surface area (Å²) in [7, 11) is 1.56. The molecule has 0 saturated carbocycles. The maximum Gasteiger partial charge on any atom is 0.251 e. The van der Waals surface area contributed by atoms with Crippen LogP contribution in [0.3, 0.4) is 0 Å². The van der Waals surface area contributed by atoms with E-state index in [1.165, 1.54) is 0 Å². The average Bonchev–Trinajstić information content (AvgIpc) is 2.49. The summed E-state index contributed by atoms with van der Waals surface area (Å²) < 4.78 is 0. The first-order valence-corrected chi connectivity index (χ1v) is 7.46. The monoisotopic (exact) mass is 309 g/mol. The zero-order valence-corrected chi connectivity index (χ0v) is 13.0. The van der Waals surface area contributed by atoms with Gasteiger partial charge < -0.3 is 16.0 Å². The van der Waals surface area contributed by atoms with Crippen molar-refractivity contribution in [1.82, 2.24) is 10.6 Å². The van der Waals surface area contributed by atoms with Crippen LogP contribution in [0.15, 0.2) is 18.2 Å². The Morgan fingerprint density at radius 3 is 2.81 bits per heavy atom. The van der Waals surface area contributed by atoms with Gasteiger partial charge in [-0.05, 0) is 43.5 Å². The molecular weight excluding hydrogens is 290 g/mol. The van der Waals surface area contributed by atoms with Crippen molar-refractivity contribution in [1.29, 1.82) is 0 Å². The second-order valence-corrected chi connectivity index (χ2v) is 5.72. The lowest BCUT2D eigenvalue weighted by molar-refractivity contribution is -0.119. The molecule has 114 valence electrons. The highest BCUT2D eigenvalue weighted by atomic mass is 35.5. The lowest BCUT2D eigenvalue weighted by Gasteiger charge is -2.29. The van der Waals surface area contributed by atoms with E-state index < -0.39 is 0 Å². The molecule has 5 nitrogen and oxygen atoms in total. The lowest BCUT2D eigenvalue weighted by Crippen LogP contribution is -2.48. The third-order valence-corrected chi connectivity index (χ3v) is 4.10. The number of halogens is 1. The fraction of sp³-hybridized carbons (Fsp3) is 0.467. The van der Waals surface area contributed by atoms with Gasteiger partial charge in [0.05, 0.1) is 16.8 Å². The van der Waals surface area contributed by atoms with E-state index in [1.54, 1.807) is 25.2 Å². The van der Waals surface area contributed by atoms with E-state index in [9.17, 15) is 9.59 Å². The number of rotatable bonds is 3. The van der Waals surface area contributed by atoms with Gasteiger partial charge in [-0.25, -0.2) is 0 Å². The number of nitrogens with one attached hydrogen (secondary N) is 3. The Morgan fingerprint density at radius 2 is 2.14 bits per heavy atom. The standard InChI is InChI=1S/C15H20ClN3O2/c1-9-4-3-7-18-13(9)15(21)19-12-8-10(14(20)17-2)5-6-11(12)16/h5-6,8-9,13,18H,3-4,7H2,1-2H3,(H,17,20)(H,19,21). The van der Waals surface area contributed by atoms with Gasteiger partial charge in [-0.2, -0.15) is 0 Å². The van der Waals surface area contributed by atoms with Gasteiger partial charge in [0.15, 0.2) is 0 Å². The summed E-state index contributed by atoms with van der Waals surface area (Å²) in [6.07, 6.45) is 2.11. The number of carbonyl (C=O) groups is 2. The summed E-state index contributed by atoms with van der Waals surface area (Å²) in [4.78, 5) is 24.0. The number of amides is 2. The molecule has 1 aromatic carbocycles.